The van der Waals surface area contributed by atoms with Crippen molar-refractivity contribution in [3.8, 4) is 5.75 Å². The first kappa shape index (κ1) is 17.9. The molecule has 0 aliphatic rings. The van der Waals surface area contributed by atoms with E-state index in [2.05, 4.69) is 10.2 Å². The first-order chi connectivity index (χ1) is 12.0. The molecule has 3 aromatic rings. The Bertz CT molecular complexity index is 884. The molecule has 0 unspecified atom stereocenters. The van der Waals surface area contributed by atoms with E-state index in [1.54, 1.807) is 31.2 Å². The third kappa shape index (κ3) is 4.59. The Hall–Kier alpha value is -1.90. The molecule has 1 atom stereocenters. The Morgan fingerprint density at radius 2 is 2.16 bits per heavy atom. The highest BCUT2D eigenvalue weighted by atomic mass is 35.5. The van der Waals surface area contributed by atoms with Crippen molar-refractivity contribution in [1.29, 1.82) is 0 Å². The fraction of sp³-hybridized carbons (Fsp3) is 0.188. The number of rotatable bonds is 7. The van der Waals surface area contributed by atoms with Crippen LogP contribution < -0.4 is 4.74 Å². The van der Waals surface area contributed by atoms with Gasteiger partial charge in [-0.2, -0.15) is 0 Å². The van der Waals surface area contributed by atoms with E-state index in [9.17, 15) is 9.18 Å². The molecule has 130 valence electrons. The SMILES string of the molecule is C[C@H](Oc1ccccc1F)c1nnc(SCC(=O)c2ccc(Cl)s2)o1. The zero-order valence-corrected chi connectivity index (χ0v) is 15.3. The van der Waals surface area contributed by atoms with Crippen LogP contribution in [0.1, 0.15) is 28.6 Å². The van der Waals surface area contributed by atoms with Crippen molar-refractivity contribution < 1.29 is 18.3 Å². The number of aromatic nitrogens is 2. The van der Waals surface area contributed by atoms with Gasteiger partial charge >= 0.3 is 0 Å². The van der Waals surface area contributed by atoms with Gasteiger partial charge in [0.25, 0.3) is 11.1 Å². The zero-order valence-electron chi connectivity index (χ0n) is 12.9. The quantitative estimate of drug-likeness (QED) is 0.410. The molecule has 0 amide bonds. The Kier molecular flexibility index (Phi) is 5.72. The molecule has 3 rings (SSSR count). The van der Waals surface area contributed by atoms with Gasteiger partial charge in [-0.25, -0.2) is 4.39 Å². The van der Waals surface area contributed by atoms with Crippen molar-refractivity contribution >= 4 is 40.5 Å². The second kappa shape index (κ2) is 7.99. The van der Waals surface area contributed by atoms with Crippen molar-refractivity contribution in [3.05, 3.63) is 57.3 Å². The first-order valence-electron chi connectivity index (χ1n) is 7.19. The maximum absolute atomic E-state index is 13.6. The average molecular weight is 399 g/mol. The van der Waals surface area contributed by atoms with Crippen molar-refractivity contribution in [3.63, 3.8) is 0 Å². The highest BCUT2D eigenvalue weighted by molar-refractivity contribution is 7.99. The number of hydrogen-bond donors (Lipinski definition) is 0. The second-order valence-electron chi connectivity index (χ2n) is 4.91. The first-order valence-corrected chi connectivity index (χ1v) is 9.37. The normalized spacial score (nSPS) is 12.1. The summed E-state index contributed by atoms with van der Waals surface area (Å²) in [6.45, 7) is 1.67. The molecule has 0 aliphatic heterocycles. The zero-order chi connectivity index (χ0) is 17.8. The van der Waals surface area contributed by atoms with Gasteiger partial charge in [0.1, 0.15) is 0 Å². The number of carbonyl (C=O) groups excluding carboxylic acids is 1. The minimum Gasteiger partial charge on any atom is -0.478 e. The van der Waals surface area contributed by atoms with E-state index < -0.39 is 11.9 Å². The van der Waals surface area contributed by atoms with Crippen LogP contribution in [0.2, 0.25) is 4.34 Å². The monoisotopic (exact) mass is 398 g/mol. The van der Waals surface area contributed by atoms with Gasteiger partial charge in [0, 0.05) is 0 Å². The van der Waals surface area contributed by atoms with Crippen LogP contribution in [0, 0.1) is 5.82 Å². The molecule has 0 saturated heterocycles. The van der Waals surface area contributed by atoms with Gasteiger partial charge in [-0.1, -0.05) is 35.5 Å². The van der Waals surface area contributed by atoms with E-state index in [-0.39, 0.29) is 28.4 Å². The van der Waals surface area contributed by atoms with Crippen LogP contribution in [0.4, 0.5) is 4.39 Å². The Morgan fingerprint density at radius 1 is 1.36 bits per heavy atom. The van der Waals surface area contributed by atoms with E-state index in [0.29, 0.717) is 9.21 Å². The van der Waals surface area contributed by atoms with Crippen LogP contribution in [0.15, 0.2) is 46.0 Å². The van der Waals surface area contributed by atoms with Crippen molar-refractivity contribution in [2.45, 2.75) is 18.3 Å². The van der Waals surface area contributed by atoms with Crippen LogP contribution in [0.5, 0.6) is 5.75 Å². The molecule has 0 aliphatic carbocycles. The van der Waals surface area contributed by atoms with Crippen molar-refractivity contribution in [1.82, 2.24) is 10.2 Å². The van der Waals surface area contributed by atoms with Gasteiger partial charge in [0.2, 0.25) is 0 Å². The minimum absolute atomic E-state index is 0.0719. The molecule has 25 heavy (non-hydrogen) atoms. The lowest BCUT2D eigenvalue weighted by Crippen LogP contribution is -2.04. The fourth-order valence-corrected chi connectivity index (χ4v) is 3.61. The number of Topliss-reactive ketones (excluding diaryl/α,β-unsaturated/α-hetero) is 1. The molecule has 1 aromatic carbocycles. The predicted molar refractivity (Wildman–Crippen MR) is 94.1 cm³/mol. The van der Waals surface area contributed by atoms with Crippen LogP contribution in [-0.2, 0) is 0 Å². The number of carbonyl (C=O) groups is 1. The fourth-order valence-electron chi connectivity index (χ4n) is 1.89. The number of para-hydroxylation sites is 1. The molecule has 0 bridgehead atoms. The van der Waals surface area contributed by atoms with Gasteiger partial charge < -0.3 is 9.15 Å². The standard InChI is InChI=1S/C16H12ClFN2O3S2/c1-9(22-12-5-3-2-4-10(12)18)15-19-20-16(23-15)24-8-11(21)13-6-7-14(17)25-13/h2-7,9H,8H2,1H3/t9-/m0/s1. The Labute approximate surface area is 156 Å². The molecule has 9 heteroatoms. The second-order valence-corrected chi connectivity index (χ2v) is 7.55. The van der Waals surface area contributed by atoms with Crippen molar-refractivity contribution in [2.24, 2.45) is 0 Å². The van der Waals surface area contributed by atoms with E-state index in [1.165, 1.54) is 23.5 Å². The molecule has 2 aromatic heterocycles. The maximum atomic E-state index is 13.6. The highest BCUT2D eigenvalue weighted by Crippen LogP contribution is 2.27. The molecule has 0 saturated carbocycles. The summed E-state index contributed by atoms with van der Waals surface area (Å²) in [7, 11) is 0. The molecule has 2 heterocycles. The lowest BCUT2D eigenvalue weighted by Gasteiger charge is -2.11. The number of thioether (sulfide) groups is 1. The van der Waals surface area contributed by atoms with Crippen LogP contribution in [0.3, 0.4) is 0 Å². The summed E-state index contributed by atoms with van der Waals surface area (Å²) in [4.78, 5) is 12.6. The summed E-state index contributed by atoms with van der Waals surface area (Å²) in [6.07, 6.45) is -0.620. The number of hydrogen-bond acceptors (Lipinski definition) is 7. The number of thiophene rings is 1. The molecule has 0 N–H and O–H groups in total. The predicted octanol–water partition coefficient (Wildman–Crippen LogP) is 5.04. The number of ketones is 1. The molecule has 0 spiro atoms. The van der Waals surface area contributed by atoms with Crippen LogP contribution in [-0.4, -0.2) is 21.7 Å². The third-order valence-corrected chi connectivity index (χ3v) is 5.18. The Balaban J connectivity index is 1.58. The van der Waals surface area contributed by atoms with Gasteiger partial charge in [0.05, 0.1) is 15.0 Å². The molecule has 0 fully saturated rings. The summed E-state index contributed by atoms with van der Waals surface area (Å²) >= 11 is 8.16. The summed E-state index contributed by atoms with van der Waals surface area (Å²) < 4.78 is 25.1. The average Bonchev–Trinajstić information content (AvgIpc) is 3.24. The number of halogens is 2. The van der Waals surface area contributed by atoms with E-state index in [4.69, 9.17) is 20.8 Å². The summed E-state index contributed by atoms with van der Waals surface area (Å²) in [5.41, 5.74) is 0. The molecule has 0 radical (unpaired) electrons. The van der Waals surface area contributed by atoms with Crippen LogP contribution in [0.25, 0.3) is 0 Å². The molecular weight excluding hydrogens is 387 g/mol. The van der Waals surface area contributed by atoms with E-state index >= 15 is 0 Å². The third-order valence-electron chi connectivity index (χ3n) is 3.09. The van der Waals surface area contributed by atoms with Crippen LogP contribution >= 0.6 is 34.7 Å². The lowest BCUT2D eigenvalue weighted by molar-refractivity contribution is 0.102. The number of benzene rings is 1. The van der Waals surface area contributed by atoms with Gasteiger partial charge in [-0.3, -0.25) is 4.79 Å². The molecular formula is C16H12ClFN2O3S2. The summed E-state index contributed by atoms with van der Waals surface area (Å²) in [6, 6.07) is 9.42. The topological polar surface area (TPSA) is 65.2 Å². The maximum Gasteiger partial charge on any atom is 0.277 e. The molecule has 5 nitrogen and oxygen atoms in total. The van der Waals surface area contributed by atoms with E-state index in [1.807, 2.05) is 0 Å². The van der Waals surface area contributed by atoms with Gasteiger partial charge in [-0.05, 0) is 31.2 Å². The number of nitrogens with zero attached hydrogens (tertiary/aromatic N) is 2. The van der Waals surface area contributed by atoms with E-state index in [0.717, 1.165) is 11.8 Å². The van der Waals surface area contributed by atoms with Gasteiger partial charge in [0.15, 0.2) is 23.5 Å². The smallest absolute Gasteiger partial charge is 0.277 e. The van der Waals surface area contributed by atoms with Gasteiger partial charge in [-0.15, -0.1) is 21.5 Å². The number of ether oxygens (including phenoxy) is 1. The largest absolute Gasteiger partial charge is 0.478 e. The summed E-state index contributed by atoms with van der Waals surface area (Å²) in [5, 5.41) is 8.00. The summed E-state index contributed by atoms with van der Waals surface area (Å²) in [5.74, 6) is -0.0772. The minimum atomic E-state index is -0.620. The highest BCUT2D eigenvalue weighted by Gasteiger charge is 2.18. The Morgan fingerprint density at radius 3 is 2.88 bits per heavy atom. The lowest BCUT2D eigenvalue weighted by atomic mass is 10.3. The van der Waals surface area contributed by atoms with Crippen molar-refractivity contribution in [2.75, 3.05) is 5.75 Å².